The molecule has 2 unspecified atom stereocenters. The quantitative estimate of drug-likeness (QED) is 0.662. The van der Waals surface area contributed by atoms with Crippen LogP contribution in [0.4, 0.5) is 0 Å². The zero-order valence-corrected chi connectivity index (χ0v) is 8.71. The van der Waals surface area contributed by atoms with Gasteiger partial charge in [-0.25, -0.2) is 0 Å². The van der Waals surface area contributed by atoms with Gasteiger partial charge in [-0.3, -0.25) is 4.21 Å². The Kier molecular flexibility index (Phi) is 2.52. The molecule has 1 aromatic rings. The van der Waals surface area contributed by atoms with E-state index in [-0.39, 0.29) is 5.92 Å². The first-order chi connectivity index (χ1) is 6.68. The largest absolute Gasteiger partial charge is 0.769 e. The van der Waals surface area contributed by atoms with Gasteiger partial charge < -0.3 is 4.55 Å². The van der Waals surface area contributed by atoms with Crippen LogP contribution in [0.25, 0.3) is 6.08 Å². The van der Waals surface area contributed by atoms with Gasteiger partial charge in [0.1, 0.15) is 0 Å². The number of hydrogen-bond acceptors (Lipinski definition) is 2. The van der Waals surface area contributed by atoms with Gasteiger partial charge in [0.05, 0.1) is 0 Å². The average Bonchev–Trinajstić information content (AvgIpc) is 2.16. The molecule has 0 heterocycles. The first-order valence-electron chi connectivity index (χ1n) is 4.57. The Balaban J connectivity index is 2.49. The molecule has 2 atom stereocenters. The summed E-state index contributed by atoms with van der Waals surface area (Å²) in [5.41, 5.74) is 2.26. The van der Waals surface area contributed by atoms with Gasteiger partial charge in [-0.2, -0.15) is 0 Å². The van der Waals surface area contributed by atoms with Crippen molar-refractivity contribution in [1.29, 1.82) is 0 Å². The third kappa shape index (κ3) is 1.65. The lowest BCUT2D eigenvalue weighted by Crippen LogP contribution is -2.13. The number of hydrogen-bond donors (Lipinski definition) is 0. The van der Waals surface area contributed by atoms with E-state index in [1.807, 2.05) is 31.2 Å². The molecule has 0 fully saturated rings. The summed E-state index contributed by atoms with van der Waals surface area (Å²) < 4.78 is 21.8. The van der Waals surface area contributed by atoms with Crippen molar-refractivity contribution in [2.45, 2.75) is 13.3 Å². The molecule has 0 saturated heterocycles. The van der Waals surface area contributed by atoms with E-state index in [9.17, 15) is 8.76 Å². The molecule has 0 radical (unpaired) electrons. The number of rotatable bonds is 1. The van der Waals surface area contributed by atoms with Crippen molar-refractivity contribution in [3.63, 3.8) is 0 Å². The van der Waals surface area contributed by atoms with Crippen molar-refractivity contribution in [2.24, 2.45) is 5.92 Å². The third-order valence-electron chi connectivity index (χ3n) is 2.56. The summed E-state index contributed by atoms with van der Waals surface area (Å²) in [6.45, 7) is 1.94. The number of allylic oxidation sites excluding steroid dienone is 1. The second-order valence-corrected chi connectivity index (χ2v) is 4.53. The Bertz CT molecular complexity index is 410. The van der Waals surface area contributed by atoms with Gasteiger partial charge in [0.25, 0.3) is 0 Å². The minimum Gasteiger partial charge on any atom is -0.769 e. The molecule has 0 saturated carbocycles. The SMILES string of the molecule is CC1Cc2ccccc2C=C1S(=O)[O-]. The van der Waals surface area contributed by atoms with Crippen LogP contribution in [0.3, 0.4) is 0 Å². The smallest absolute Gasteiger partial charge is 0.00615 e. The van der Waals surface area contributed by atoms with Gasteiger partial charge in [0.15, 0.2) is 0 Å². The number of fused-ring (bicyclic) bond motifs is 1. The minimum atomic E-state index is -2.08. The molecule has 0 aromatic heterocycles. The summed E-state index contributed by atoms with van der Waals surface area (Å²) in [6.07, 6.45) is 2.59. The Morgan fingerprint density at radius 1 is 1.43 bits per heavy atom. The zero-order valence-electron chi connectivity index (χ0n) is 7.90. The molecule has 0 bridgehead atoms. The molecular weight excluding hydrogens is 196 g/mol. The standard InChI is InChI=1S/C11H12O2S/c1-8-6-9-4-2-3-5-10(9)7-11(8)14(12)13/h2-5,7-8H,6H2,1H3,(H,12,13)/p-1. The molecule has 74 valence electrons. The van der Waals surface area contributed by atoms with Crippen LogP contribution in [-0.2, 0) is 17.5 Å². The van der Waals surface area contributed by atoms with Gasteiger partial charge in [-0.05, 0) is 40.6 Å². The van der Waals surface area contributed by atoms with Gasteiger partial charge in [0.2, 0.25) is 0 Å². The van der Waals surface area contributed by atoms with Gasteiger partial charge in [-0.15, -0.1) is 0 Å². The molecule has 0 N–H and O–H groups in total. The molecule has 0 aliphatic heterocycles. The van der Waals surface area contributed by atoms with E-state index in [1.165, 1.54) is 5.56 Å². The Morgan fingerprint density at radius 3 is 2.86 bits per heavy atom. The van der Waals surface area contributed by atoms with E-state index in [1.54, 1.807) is 6.08 Å². The molecule has 3 heteroatoms. The second-order valence-electron chi connectivity index (χ2n) is 3.59. The third-order valence-corrected chi connectivity index (χ3v) is 3.46. The summed E-state index contributed by atoms with van der Waals surface area (Å²) in [7, 11) is 0. The summed E-state index contributed by atoms with van der Waals surface area (Å²) in [5, 5.41) is 0. The highest BCUT2D eigenvalue weighted by molar-refractivity contribution is 7.83. The van der Waals surface area contributed by atoms with Crippen LogP contribution in [0.5, 0.6) is 0 Å². The van der Waals surface area contributed by atoms with Crippen LogP contribution in [-0.4, -0.2) is 8.76 Å². The first-order valence-corrected chi connectivity index (χ1v) is 5.64. The van der Waals surface area contributed by atoms with E-state index >= 15 is 0 Å². The van der Waals surface area contributed by atoms with Crippen LogP contribution in [0, 0.1) is 5.92 Å². The second kappa shape index (κ2) is 3.67. The summed E-state index contributed by atoms with van der Waals surface area (Å²) in [5.74, 6) is 0.100. The Morgan fingerprint density at radius 2 is 2.14 bits per heavy atom. The van der Waals surface area contributed by atoms with E-state index in [0.717, 1.165) is 12.0 Å². The lowest BCUT2D eigenvalue weighted by molar-refractivity contribution is 0.534. The van der Waals surface area contributed by atoms with E-state index in [2.05, 4.69) is 0 Å². The van der Waals surface area contributed by atoms with Crippen LogP contribution in [0.1, 0.15) is 18.1 Å². The van der Waals surface area contributed by atoms with Gasteiger partial charge in [-0.1, -0.05) is 31.2 Å². The topological polar surface area (TPSA) is 40.1 Å². The molecule has 1 aliphatic carbocycles. The highest BCUT2D eigenvalue weighted by Crippen LogP contribution is 2.29. The minimum absolute atomic E-state index is 0.100. The van der Waals surface area contributed by atoms with Crippen molar-refractivity contribution in [3.05, 3.63) is 40.3 Å². The van der Waals surface area contributed by atoms with Crippen LogP contribution in [0.15, 0.2) is 29.2 Å². The highest BCUT2D eigenvalue weighted by Gasteiger charge is 2.17. The zero-order chi connectivity index (χ0) is 10.1. The Labute approximate surface area is 85.9 Å². The van der Waals surface area contributed by atoms with E-state index in [0.29, 0.717) is 4.91 Å². The maximum atomic E-state index is 10.9. The van der Waals surface area contributed by atoms with Crippen molar-refractivity contribution in [1.82, 2.24) is 0 Å². The fourth-order valence-electron chi connectivity index (χ4n) is 1.80. The van der Waals surface area contributed by atoms with Crippen molar-refractivity contribution in [2.75, 3.05) is 0 Å². The summed E-state index contributed by atoms with van der Waals surface area (Å²) in [4.78, 5) is 0.517. The molecule has 14 heavy (non-hydrogen) atoms. The molecular formula is C11H11O2S-. The fourth-order valence-corrected chi connectivity index (χ4v) is 2.43. The molecule has 2 rings (SSSR count). The first kappa shape index (κ1) is 9.62. The predicted molar refractivity (Wildman–Crippen MR) is 56.2 cm³/mol. The summed E-state index contributed by atoms with van der Waals surface area (Å²) in [6, 6.07) is 7.91. The monoisotopic (exact) mass is 207 g/mol. The van der Waals surface area contributed by atoms with Crippen molar-refractivity contribution < 1.29 is 8.76 Å². The van der Waals surface area contributed by atoms with Crippen molar-refractivity contribution in [3.8, 4) is 0 Å². The lowest BCUT2D eigenvalue weighted by atomic mass is 9.91. The summed E-state index contributed by atoms with van der Waals surface area (Å²) >= 11 is -2.08. The molecule has 0 spiro atoms. The highest BCUT2D eigenvalue weighted by atomic mass is 32.2. The molecule has 2 nitrogen and oxygen atoms in total. The number of benzene rings is 1. The molecule has 1 aliphatic rings. The van der Waals surface area contributed by atoms with E-state index in [4.69, 9.17) is 0 Å². The average molecular weight is 207 g/mol. The van der Waals surface area contributed by atoms with Crippen LogP contribution < -0.4 is 0 Å². The maximum absolute atomic E-state index is 10.9. The molecule has 1 aromatic carbocycles. The lowest BCUT2D eigenvalue weighted by Gasteiger charge is -2.24. The van der Waals surface area contributed by atoms with Crippen molar-refractivity contribution >= 4 is 17.2 Å². The Hall–Kier alpha value is -0.930. The predicted octanol–water partition coefficient (Wildman–Crippen LogP) is 2.10. The van der Waals surface area contributed by atoms with Crippen LogP contribution in [0.2, 0.25) is 0 Å². The van der Waals surface area contributed by atoms with Gasteiger partial charge in [0, 0.05) is 4.91 Å². The van der Waals surface area contributed by atoms with Gasteiger partial charge >= 0.3 is 0 Å². The normalized spacial score (nSPS) is 22.4. The maximum Gasteiger partial charge on any atom is 0.00615 e. The van der Waals surface area contributed by atoms with E-state index < -0.39 is 11.1 Å². The molecule has 0 amide bonds. The fraction of sp³-hybridized carbons (Fsp3) is 0.273. The van der Waals surface area contributed by atoms with Crippen LogP contribution >= 0.6 is 0 Å².